The maximum Gasteiger partial charge on any atom is 0.228 e. The quantitative estimate of drug-likeness (QED) is 0.401. The van der Waals surface area contributed by atoms with Crippen molar-refractivity contribution in [1.82, 2.24) is 19.5 Å². The number of nitrogens with one attached hydrogen (secondary N) is 1. The van der Waals surface area contributed by atoms with Gasteiger partial charge in [-0.25, -0.2) is 9.97 Å². The lowest BCUT2D eigenvalue weighted by Gasteiger charge is -2.17. The molecular weight excluding hydrogens is 440 g/mol. The van der Waals surface area contributed by atoms with Crippen molar-refractivity contribution in [3.05, 3.63) is 37.0 Å². The molecule has 4 aromatic rings. The third kappa shape index (κ3) is 3.94. The lowest BCUT2D eigenvalue weighted by molar-refractivity contribution is 0.238. The first-order valence-electron chi connectivity index (χ1n) is 10.9. The van der Waals surface area contributed by atoms with Gasteiger partial charge in [0.05, 0.1) is 39.5 Å². The Hall–Kier alpha value is -3.99. The number of anilines is 3. The van der Waals surface area contributed by atoms with Gasteiger partial charge in [-0.3, -0.25) is 0 Å². The maximum atomic E-state index is 9.48. The van der Waals surface area contributed by atoms with Crippen LogP contribution in [0, 0.1) is 5.92 Å². The molecule has 1 aromatic carbocycles. The summed E-state index contributed by atoms with van der Waals surface area (Å²) in [5.41, 5.74) is 2.03. The predicted molar refractivity (Wildman–Crippen MR) is 126 cm³/mol. The van der Waals surface area contributed by atoms with E-state index in [1.807, 2.05) is 22.9 Å². The van der Waals surface area contributed by atoms with Gasteiger partial charge >= 0.3 is 0 Å². The van der Waals surface area contributed by atoms with E-state index in [-0.39, 0.29) is 12.5 Å². The summed E-state index contributed by atoms with van der Waals surface area (Å²) in [6, 6.07) is 5.48. The summed E-state index contributed by atoms with van der Waals surface area (Å²) < 4.78 is 23.8. The minimum absolute atomic E-state index is 0.161. The Morgan fingerprint density at radius 2 is 1.94 bits per heavy atom. The van der Waals surface area contributed by atoms with E-state index >= 15 is 0 Å². The number of ether oxygens (including phenoxy) is 3. The summed E-state index contributed by atoms with van der Waals surface area (Å²) in [7, 11) is 4.72. The lowest BCUT2D eigenvalue weighted by Crippen LogP contribution is -2.23. The number of imidazole rings is 1. The van der Waals surface area contributed by atoms with E-state index in [0.717, 1.165) is 25.2 Å². The third-order valence-electron chi connectivity index (χ3n) is 5.90. The fraction of sp³-hybridized carbons (Fsp3) is 0.348. The molecule has 0 saturated carbocycles. The number of aliphatic hydroxyl groups is 1. The second kappa shape index (κ2) is 9.10. The summed E-state index contributed by atoms with van der Waals surface area (Å²) in [6.07, 6.45) is 6.00. The molecule has 5 rings (SSSR count). The fourth-order valence-corrected chi connectivity index (χ4v) is 4.11. The highest BCUT2D eigenvalue weighted by molar-refractivity contribution is 5.86. The Kier molecular flexibility index (Phi) is 5.84. The van der Waals surface area contributed by atoms with E-state index in [0.29, 0.717) is 45.9 Å². The second-order valence-corrected chi connectivity index (χ2v) is 7.97. The number of fused-ring (bicyclic) bond motifs is 1. The minimum atomic E-state index is 0.161. The van der Waals surface area contributed by atoms with Gasteiger partial charge in [0, 0.05) is 43.8 Å². The number of rotatable bonds is 8. The average Bonchev–Trinajstić information content (AvgIpc) is 3.63. The Morgan fingerprint density at radius 1 is 1.15 bits per heavy atom. The van der Waals surface area contributed by atoms with Crippen LogP contribution in [0.1, 0.15) is 6.42 Å². The average molecular weight is 466 g/mol. The van der Waals surface area contributed by atoms with E-state index in [2.05, 4.69) is 20.2 Å². The minimum Gasteiger partial charge on any atom is -0.493 e. The van der Waals surface area contributed by atoms with Crippen molar-refractivity contribution >= 4 is 28.7 Å². The molecule has 11 heteroatoms. The van der Waals surface area contributed by atoms with Gasteiger partial charge in [0.1, 0.15) is 17.7 Å². The molecule has 3 aromatic heterocycles. The lowest BCUT2D eigenvalue weighted by atomic mass is 10.1. The summed E-state index contributed by atoms with van der Waals surface area (Å²) in [6.45, 7) is 1.67. The van der Waals surface area contributed by atoms with E-state index < -0.39 is 0 Å². The van der Waals surface area contributed by atoms with E-state index in [4.69, 9.17) is 23.6 Å². The molecular formula is C23H26N6O5. The first kappa shape index (κ1) is 21.8. The molecule has 0 bridgehead atoms. The van der Waals surface area contributed by atoms with Gasteiger partial charge in [0.15, 0.2) is 22.9 Å². The Labute approximate surface area is 195 Å². The molecule has 34 heavy (non-hydrogen) atoms. The monoisotopic (exact) mass is 466 g/mol. The van der Waals surface area contributed by atoms with E-state index in [9.17, 15) is 5.11 Å². The van der Waals surface area contributed by atoms with Gasteiger partial charge in [0.25, 0.3) is 0 Å². The largest absolute Gasteiger partial charge is 0.493 e. The highest BCUT2D eigenvalue weighted by Crippen LogP contribution is 2.39. The van der Waals surface area contributed by atoms with E-state index in [1.165, 1.54) is 0 Å². The molecule has 1 aliphatic rings. The van der Waals surface area contributed by atoms with Crippen LogP contribution in [0.25, 0.3) is 16.8 Å². The summed E-state index contributed by atoms with van der Waals surface area (Å²) in [5, 5.41) is 12.7. The molecule has 11 nitrogen and oxygen atoms in total. The first-order chi connectivity index (χ1) is 16.6. The van der Waals surface area contributed by atoms with Crippen molar-refractivity contribution in [2.24, 2.45) is 5.92 Å². The second-order valence-electron chi connectivity index (χ2n) is 7.97. The zero-order valence-electron chi connectivity index (χ0n) is 19.2. The zero-order chi connectivity index (χ0) is 23.7. The molecule has 2 N–H and O–H groups in total. The molecule has 0 spiro atoms. The number of furan rings is 1. The van der Waals surface area contributed by atoms with Crippen molar-refractivity contribution in [1.29, 1.82) is 0 Å². The smallest absolute Gasteiger partial charge is 0.228 e. The zero-order valence-corrected chi connectivity index (χ0v) is 19.2. The number of aromatic nitrogens is 4. The summed E-state index contributed by atoms with van der Waals surface area (Å²) >= 11 is 0. The van der Waals surface area contributed by atoms with Crippen LogP contribution in [0.3, 0.4) is 0 Å². The number of benzene rings is 1. The van der Waals surface area contributed by atoms with Crippen molar-refractivity contribution in [2.75, 3.05) is 51.2 Å². The van der Waals surface area contributed by atoms with Crippen LogP contribution in [0.4, 0.5) is 17.6 Å². The molecule has 0 radical (unpaired) electrons. The third-order valence-corrected chi connectivity index (χ3v) is 5.90. The van der Waals surface area contributed by atoms with Crippen LogP contribution in [-0.2, 0) is 0 Å². The maximum absolute atomic E-state index is 9.48. The molecule has 1 unspecified atom stereocenters. The molecule has 1 fully saturated rings. The van der Waals surface area contributed by atoms with Crippen molar-refractivity contribution < 1.29 is 23.7 Å². The van der Waals surface area contributed by atoms with Gasteiger partial charge < -0.3 is 38.5 Å². The van der Waals surface area contributed by atoms with Crippen LogP contribution < -0.4 is 24.4 Å². The topological polar surface area (TPSA) is 120 Å². The number of hydrogen-bond acceptors (Lipinski definition) is 10. The summed E-state index contributed by atoms with van der Waals surface area (Å²) in [5.74, 6) is 3.53. The Bertz CT molecular complexity index is 1280. The highest BCUT2D eigenvalue weighted by atomic mass is 16.5. The Balaban J connectivity index is 1.45. The Morgan fingerprint density at radius 3 is 2.62 bits per heavy atom. The predicted octanol–water partition coefficient (Wildman–Crippen LogP) is 3.00. The fourth-order valence-electron chi connectivity index (χ4n) is 4.11. The molecule has 1 atom stereocenters. The van der Waals surface area contributed by atoms with Gasteiger partial charge in [0.2, 0.25) is 11.7 Å². The SMILES string of the molecule is COc1cc(-n2cnc(Nc3nc(N4CCC(CO)C4)nc4ccoc34)c2)cc(OC)c1OC. The van der Waals surface area contributed by atoms with Crippen LogP contribution in [0.5, 0.6) is 17.2 Å². The standard InChI is InChI=1S/C23H26N6O5/c1-31-17-8-15(9-18(32-2)21(17)33-3)29-11-19(24-13-29)26-22-20-16(5-7-34-20)25-23(27-22)28-6-4-14(10-28)12-30/h5,7-9,11,13-14,30H,4,6,10,12H2,1-3H3,(H,25,26,27). The molecule has 4 heterocycles. The first-order valence-corrected chi connectivity index (χ1v) is 10.9. The van der Waals surface area contributed by atoms with Gasteiger partial charge in [-0.1, -0.05) is 0 Å². The van der Waals surface area contributed by atoms with Crippen molar-refractivity contribution in [3.8, 4) is 22.9 Å². The van der Waals surface area contributed by atoms with Crippen molar-refractivity contribution in [2.45, 2.75) is 6.42 Å². The van der Waals surface area contributed by atoms with Gasteiger partial charge in [-0.2, -0.15) is 4.98 Å². The van der Waals surface area contributed by atoms with Crippen LogP contribution in [0.15, 0.2) is 41.4 Å². The normalized spacial score (nSPS) is 15.6. The van der Waals surface area contributed by atoms with Crippen LogP contribution >= 0.6 is 0 Å². The van der Waals surface area contributed by atoms with Crippen LogP contribution in [0.2, 0.25) is 0 Å². The van der Waals surface area contributed by atoms with Gasteiger partial charge in [-0.05, 0) is 6.42 Å². The van der Waals surface area contributed by atoms with Crippen LogP contribution in [-0.4, -0.2) is 65.7 Å². The number of methoxy groups -OCH3 is 3. The molecule has 1 saturated heterocycles. The van der Waals surface area contributed by atoms with E-state index in [1.54, 1.807) is 40.0 Å². The molecule has 178 valence electrons. The number of aliphatic hydroxyl groups excluding tert-OH is 1. The van der Waals surface area contributed by atoms with Gasteiger partial charge in [-0.15, -0.1) is 0 Å². The molecule has 0 amide bonds. The summed E-state index contributed by atoms with van der Waals surface area (Å²) in [4.78, 5) is 15.9. The number of nitrogens with zero attached hydrogens (tertiary/aromatic N) is 5. The van der Waals surface area contributed by atoms with Crippen molar-refractivity contribution in [3.63, 3.8) is 0 Å². The molecule has 1 aliphatic heterocycles. The highest BCUT2D eigenvalue weighted by Gasteiger charge is 2.25. The number of hydrogen-bond donors (Lipinski definition) is 2. The molecule has 0 aliphatic carbocycles.